The number of rotatable bonds is 6. The lowest BCUT2D eigenvalue weighted by molar-refractivity contribution is 0.0940. The summed E-state index contributed by atoms with van der Waals surface area (Å²) in [7, 11) is 0. The quantitative estimate of drug-likeness (QED) is 0.474. The first-order valence-corrected chi connectivity index (χ1v) is 9.91. The van der Waals surface area contributed by atoms with Gasteiger partial charge in [-0.25, -0.2) is 4.98 Å². The molecule has 0 bridgehead atoms. The predicted molar refractivity (Wildman–Crippen MR) is 116 cm³/mol. The molecule has 1 N–H and O–H groups in total. The van der Waals surface area contributed by atoms with Gasteiger partial charge < -0.3 is 9.73 Å². The SMILES string of the molecule is Cc1ccc(-c2cc(C(=O)NC(C)CCc3ccccc3)c3ccccc3n2)o1. The summed E-state index contributed by atoms with van der Waals surface area (Å²) in [4.78, 5) is 17.8. The van der Waals surface area contributed by atoms with Crippen LogP contribution in [0.5, 0.6) is 0 Å². The van der Waals surface area contributed by atoms with Crippen molar-refractivity contribution < 1.29 is 9.21 Å². The van der Waals surface area contributed by atoms with Gasteiger partial charge >= 0.3 is 0 Å². The van der Waals surface area contributed by atoms with E-state index in [0.717, 1.165) is 29.5 Å². The maximum Gasteiger partial charge on any atom is 0.252 e. The molecule has 4 rings (SSSR count). The summed E-state index contributed by atoms with van der Waals surface area (Å²) in [5.41, 5.74) is 3.34. The van der Waals surface area contributed by atoms with Crippen LogP contribution in [-0.4, -0.2) is 16.9 Å². The molecule has 0 fully saturated rings. The average Bonchev–Trinajstić information content (AvgIpc) is 3.18. The second-order valence-corrected chi connectivity index (χ2v) is 7.38. The van der Waals surface area contributed by atoms with E-state index in [2.05, 4.69) is 22.4 Å². The Morgan fingerprint density at radius 3 is 2.55 bits per heavy atom. The molecule has 4 aromatic rings. The zero-order valence-electron chi connectivity index (χ0n) is 16.7. The number of pyridine rings is 1. The molecule has 0 aliphatic heterocycles. The highest BCUT2D eigenvalue weighted by Crippen LogP contribution is 2.26. The fourth-order valence-electron chi connectivity index (χ4n) is 3.46. The van der Waals surface area contributed by atoms with E-state index in [1.54, 1.807) is 0 Å². The lowest BCUT2D eigenvalue weighted by Gasteiger charge is -2.15. The summed E-state index contributed by atoms with van der Waals surface area (Å²) in [5.74, 6) is 1.39. The van der Waals surface area contributed by atoms with E-state index in [4.69, 9.17) is 4.42 Å². The van der Waals surface area contributed by atoms with E-state index in [1.807, 2.05) is 74.5 Å². The van der Waals surface area contributed by atoms with Crippen LogP contribution in [0.15, 0.2) is 77.2 Å². The van der Waals surface area contributed by atoms with Gasteiger partial charge in [0.25, 0.3) is 5.91 Å². The van der Waals surface area contributed by atoms with Crippen LogP contribution >= 0.6 is 0 Å². The summed E-state index contributed by atoms with van der Waals surface area (Å²) in [6.45, 7) is 3.94. The number of nitrogens with one attached hydrogen (secondary N) is 1. The molecule has 2 aromatic carbocycles. The maximum absolute atomic E-state index is 13.1. The molecule has 4 heteroatoms. The first-order chi connectivity index (χ1) is 14.1. The number of para-hydroxylation sites is 1. The van der Waals surface area contributed by atoms with Crippen LogP contribution in [-0.2, 0) is 6.42 Å². The molecule has 0 radical (unpaired) electrons. The first-order valence-electron chi connectivity index (χ1n) is 9.91. The van der Waals surface area contributed by atoms with Gasteiger partial charge in [-0.3, -0.25) is 4.79 Å². The third kappa shape index (κ3) is 4.37. The van der Waals surface area contributed by atoms with Crippen LogP contribution in [0.1, 0.15) is 35.0 Å². The average molecular weight is 384 g/mol. The van der Waals surface area contributed by atoms with Crippen molar-refractivity contribution in [3.8, 4) is 11.5 Å². The minimum atomic E-state index is -0.0892. The molecule has 2 aromatic heterocycles. The van der Waals surface area contributed by atoms with Crippen molar-refractivity contribution in [2.75, 3.05) is 0 Å². The molecule has 0 aliphatic rings. The molecular weight excluding hydrogens is 360 g/mol. The maximum atomic E-state index is 13.1. The van der Waals surface area contributed by atoms with E-state index in [1.165, 1.54) is 5.56 Å². The molecule has 1 unspecified atom stereocenters. The van der Waals surface area contributed by atoms with Crippen LogP contribution in [0, 0.1) is 6.92 Å². The molecule has 0 spiro atoms. The van der Waals surface area contributed by atoms with Crippen LogP contribution in [0.2, 0.25) is 0 Å². The second kappa shape index (κ2) is 8.31. The first kappa shape index (κ1) is 18.9. The summed E-state index contributed by atoms with van der Waals surface area (Å²) in [5, 5.41) is 3.99. The zero-order chi connectivity index (χ0) is 20.2. The highest BCUT2D eigenvalue weighted by molar-refractivity contribution is 6.07. The Morgan fingerprint density at radius 1 is 1.03 bits per heavy atom. The Hall–Kier alpha value is -3.40. The number of fused-ring (bicyclic) bond motifs is 1. The number of carbonyl (C=O) groups excluding carboxylic acids is 1. The van der Waals surface area contributed by atoms with E-state index in [0.29, 0.717) is 17.0 Å². The molecule has 1 atom stereocenters. The van der Waals surface area contributed by atoms with E-state index in [-0.39, 0.29) is 11.9 Å². The zero-order valence-corrected chi connectivity index (χ0v) is 16.7. The van der Waals surface area contributed by atoms with Crippen LogP contribution in [0.4, 0.5) is 0 Å². The number of carbonyl (C=O) groups is 1. The molecule has 0 saturated carbocycles. The predicted octanol–water partition coefficient (Wildman–Crippen LogP) is 5.55. The van der Waals surface area contributed by atoms with Crippen molar-refractivity contribution in [3.05, 3.63) is 89.7 Å². The second-order valence-electron chi connectivity index (χ2n) is 7.38. The number of nitrogens with zero attached hydrogens (tertiary/aromatic N) is 1. The molecular formula is C25H24N2O2. The minimum Gasteiger partial charge on any atom is -0.460 e. The fourth-order valence-corrected chi connectivity index (χ4v) is 3.46. The Bertz CT molecular complexity index is 1130. The summed E-state index contributed by atoms with van der Waals surface area (Å²) in [6, 6.07) is 23.7. The van der Waals surface area contributed by atoms with Gasteiger partial charge in [-0.15, -0.1) is 0 Å². The minimum absolute atomic E-state index is 0.0592. The number of furan rings is 1. The number of benzene rings is 2. The lowest BCUT2D eigenvalue weighted by Crippen LogP contribution is -2.33. The summed E-state index contributed by atoms with van der Waals surface area (Å²) >= 11 is 0. The molecule has 0 aliphatic carbocycles. The molecule has 146 valence electrons. The van der Waals surface area contributed by atoms with Crippen LogP contribution < -0.4 is 5.32 Å². The van der Waals surface area contributed by atoms with Gasteiger partial charge in [0, 0.05) is 11.4 Å². The monoisotopic (exact) mass is 384 g/mol. The topological polar surface area (TPSA) is 55.1 Å². The fraction of sp³-hybridized carbons (Fsp3) is 0.200. The number of aromatic nitrogens is 1. The number of amides is 1. The highest BCUT2D eigenvalue weighted by atomic mass is 16.3. The van der Waals surface area contributed by atoms with Crippen molar-refractivity contribution >= 4 is 16.8 Å². The van der Waals surface area contributed by atoms with Crippen molar-refractivity contribution in [1.29, 1.82) is 0 Å². The Kier molecular flexibility index (Phi) is 5.43. The van der Waals surface area contributed by atoms with Gasteiger partial charge in [0.05, 0.1) is 11.1 Å². The number of hydrogen-bond donors (Lipinski definition) is 1. The van der Waals surface area contributed by atoms with E-state index < -0.39 is 0 Å². The highest BCUT2D eigenvalue weighted by Gasteiger charge is 2.17. The van der Waals surface area contributed by atoms with Crippen LogP contribution in [0.25, 0.3) is 22.4 Å². The van der Waals surface area contributed by atoms with Gasteiger partial charge in [0.2, 0.25) is 0 Å². The normalized spacial score (nSPS) is 12.1. The number of aryl methyl sites for hydroxylation is 2. The Balaban J connectivity index is 1.57. The largest absolute Gasteiger partial charge is 0.460 e. The molecule has 29 heavy (non-hydrogen) atoms. The van der Waals surface area contributed by atoms with Crippen molar-refractivity contribution in [2.45, 2.75) is 32.7 Å². The van der Waals surface area contributed by atoms with Gasteiger partial charge in [0.15, 0.2) is 5.76 Å². The van der Waals surface area contributed by atoms with Crippen molar-refractivity contribution in [2.24, 2.45) is 0 Å². The van der Waals surface area contributed by atoms with Crippen molar-refractivity contribution in [3.63, 3.8) is 0 Å². The van der Waals surface area contributed by atoms with E-state index in [9.17, 15) is 4.79 Å². The van der Waals surface area contributed by atoms with Gasteiger partial charge in [-0.1, -0.05) is 48.5 Å². The molecule has 4 nitrogen and oxygen atoms in total. The lowest BCUT2D eigenvalue weighted by atomic mass is 10.0. The third-order valence-corrected chi connectivity index (χ3v) is 5.04. The smallest absolute Gasteiger partial charge is 0.252 e. The van der Waals surface area contributed by atoms with Gasteiger partial charge in [-0.2, -0.15) is 0 Å². The third-order valence-electron chi connectivity index (χ3n) is 5.04. The van der Waals surface area contributed by atoms with Gasteiger partial charge in [0.1, 0.15) is 11.5 Å². The molecule has 0 saturated heterocycles. The Morgan fingerprint density at radius 2 is 1.79 bits per heavy atom. The molecule has 2 heterocycles. The number of hydrogen-bond acceptors (Lipinski definition) is 3. The van der Waals surface area contributed by atoms with Gasteiger partial charge in [-0.05, 0) is 56.5 Å². The standard InChI is InChI=1S/C25H24N2O2/c1-17(12-14-19-8-4-3-5-9-19)26-25(28)21-16-23(24-15-13-18(2)29-24)27-22-11-7-6-10-20(21)22/h3-11,13,15-17H,12,14H2,1-2H3,(H,26,28). The van der Waals surface area contributed by atoms with E-state index >= 15 is 0 Å². The Labute approximate surface area is 170 Å². The van der Waals surface area contributed by atoms with Crippen molar-refractivity contribution in [1.82, 2.24) is 10.3 Å². The summed E-state index contributed by atoms with van der Waals surface area (Å²) in [6.07, 6.45) is 1.80. The van der Waals surface area contributed by atoms with Crippen LogP contribution in [0.3, 0.4) is 0 Å². The summed E-state index contributed by atoms with van der Waals surface area (Å²) < 4.78 is 5.73. The molecule has 1 amide bonds.